The third-order valence-corrected chi connectivity index (χ3v) is 4.24. The summed E-state index contributed by atoms with van der Waals surface area (Å²) >= 11 is 0. The number of carbonyl (C=O) groups is 2. The maximum atomic E-state index is 12.9. The summed E-state index contributed by atoms with van der Waals surface area (Å²) < 4.78 is 17.9. The van der Waals surface area contributed by atoms with Gasteiger partial charge in [-0.2, -0.15) is 0 Å². The minimum Gasteiger partial charge on any atom is -0.481 e. The molecule has 28 heavy (non-hydrogen) atoms. The third kappa shape index (κ3) is 5.36. The number of aromatic nitrogens is 2. The van der Waals surface area contributed by atoms with Crippen molar-refractivity contribution in [3.05, 3.63) is 42.5 Å². The Labute approximate surface area is 161 Å². The highest BCUT2D eigenvalue weighted by Gasteiger charge is 2.23. The fourth-order valence-electron chi connectivity index (χ4n) is 2.75. The number of nitrogens with one attached hydrogen (secondary N) is 2. The second-order valence-electron chi connectivity index (χ2n) is 6.19. The molecular weight excluding hydrogens is 367 g/mol. The van der Waals surface area contributed by atoms with Gasteiger partial charge in [-0.05, 0) is 24.3 Å². The molecule has 148 valence electrons. The summed E-state index contributed by atoms with van der Waals surface area (Å²) in [7, 11) is 1.49. The molecule has 9 nitrogen and oxygen atoms in total. The zero-order valence-electron chi connectivity index (χ0n) is 15.4. The Morgan fingerprint density at radius 3 is 2.50 bits per heavy atom. The number of halogens is 1. The summed E-state index contributed by atoms with van der Waals surface area (Å²) in [6, 6.07) is 6.88. The summed E-state index contributed by atoms with van der Waals surface area (Å²) in [4.78, 5) is 36.0. The highest BCUT2D eigenvalue weighted by atomic mass is 19.1. The molecular formula is C18H21FN6O3. The van der Waals surface area contributed by atoms with Gasteiger partial charge in [0.2, 0.25) is 11.8 Å². The van der Waals surface area contributed by atoms with Crippen molar-refractivity contribution in [2.45, 2.75) is 0 Å². The molecule has 0 bridgehead atoms. The van der Waals surface area contributed by atoms with Gasteiger partial charge in [-0.1, -0.05) is 0 Å². The van der Waals surface area contributed by atoms with Gasteiger partial charge in [-0.25, -0.2) is 19.2 Å². The molecule has 0 saturated carbocycles. The van der Waals surface area contributed by atoms with Crippen LogP contribution in [0, 0.1) is 5.82 Å². The maximum Gasteiger partial charge on any atom is 0.323 e. The first-order chi connectivity index (χ1) is 13.5. The number of benzene rings is 1. The number of piperazine rings is 1. The number of ether oxygens (including phenoxy) is 1. The van der Waals surface area contributed by atoms with E-state index in [0.717, 1.165) is 0 Å². The number of rotatable bonds is 5. The zero-order valence-corrected chi connectivity index (χ0v) is 15.4. The molecule has 1 aromatic carbocycles. The van der Waals surface area contributed by atoms with Crippen LogP contribution in [0.3, 0.4) is 0 Å². The van der Waals surface area contributed by atoms with Crippen molar-refractivity contribution in [2.24, 2.45) is 0 Å². The molecule has 2 heterocycles. The van der Waals surface area contributed by atoms with Crippen LogP contribution >= 0.6 is 0 Å². The van der Waals surface area contributed by atoms with E-state index in [2.05, 4.69) is 20.6 Å². The summed E-state index contributed by atoms with van der Waals surface area (Å²) in [5.41, 5.74) is 0.546. The first-order valence-corrected chi connectivity index (χ1v) is 8.73. The van der Waals surface area contributed by atoms with Gasteiger partial charge in [0.25, 0.3) is 0 Å². The molecule has 0 aliphatic carbocycles. The molecule has 1 aliphatic heterocycles. The van der Waals surface area contributed by atoms with Crippen LogP contribution in [0.4, 0.5) is 20.7 Å². The molecule has 0 spiro atoms. The number of methoxy groups -OCH3 is 1. The van der Waals surface area contributed by atoms with Crippen molar-refractivity contribution >= 4 is 23.4 Å². The van der Waals surface area contributed by atoms with Crippen molar-refractivity contribution in [1.82, 2.24) is 19.8 Å². The van der Waals surface area contributed by atoms with E-state index in [9.17, 15) is 14.0 Å². The SMILES string of the molecule is COc1cc(NC(=O)N2CCN(CC(=O)Nc3ccc(F)cc3)CC2)ncn1. The second kappa shape index (κ2) is 9.09. The van der Waals surface area contributed by atoms with Gasteiger partial charge in [0, 0.05) is 37.9 Å². The third-order valence-electron chi connectivity index (χ3n) is 4.24. The minimum atomic E-state index is -0.354. The fourth-order valence-corrected chi connectivity index (χ4v) is 2.75. The van der Waals surface area contributed by atoms with Gasteiger partial charge in [0.1, 0.15) is 18.0 Å². The number of amides is 3. The summed E-state index contributed by atoms with van der Waals surface area (Å²) in [5, 5.41) is 5.43. The van der Waals surface area contributed by atoms with Crippen molar-refractivity contribution < 1.29 is 18.7 Å². The Kier molecular flexibility index (Phi) is 6.33. The van der Waals surface area contributed by atoms with Crippen molar-refractivity contribution in [3.63, 3.8) is 0 Å². The van der Waals surface area contributed by atoms with Gasteiger partial charge < -0.3 is 15.0 Å². The Morgan fingerprint density at radius 2 is 1.82 bits per heavy atom. The van der Waals surface area contributed by atoms with E-state index < -0.39 is 0 Å². The first-order valence-electron chi connectivity index (χ1n) is 8.73. The standard InChI is InChI=1S/C18H21FN6O3/c1-28-17-10-15(20-12-21-17)23-18(27)25-8-6-24(7-9-25)11-16(26)22-14-4-2-13(19)3-5-14/h2-5,10,12H,6-9,11H2,1H3,(H,22,26)(H,20,21,23,27). The van der Waals surface area contributed by atoms with Crippen LogP contribution in [0.25, 0.3) is 0 Å². The molecule has 0 unspecified atom stereocenters. The average molecular weight is 388 g/mol. The topological polar surface area (TPSA) is 99.7 Å². The van der Waals surface area contributed by atoms with Gasteiger partial charge in [-0.15, -0.1) is 0 Å². The van der Waals surface area contributed by atoms with Gasteiger partial charge in [0.05, 0.1) is 13.7 Å². The Balaban J connectivity index is 1.43. The van der Waals surface area contributed by atoms with E-state index in [0.29, 0.717) is 43.6 Å². The van der Waals surface area contributed by atoms with E-state index in [1.54, 1.807) is 4.90 Å². The highest BCUT2D eigenvalue weighted by molar-refractivity contribution is 5.92. The van der Waals surface area contributed by atoms with Gasteiger partial charge in [-0.3, -0.25) is 15.0 Å². The van der Waals surface area contributed by atoms with Crippen molar-refractivity contribution in [2.75, 3.05) is 50.5 Å². The molecule has 1 aliphatic rings. The van der Waals surface area contributed by atoms with E-state index in [1.165, 1.54) is 43.8 Å². The van der Waals surface area contributed by atoms with E-state index in [-0.39, 0.29) is 24.3 Å². The molecule has 1 fully saturated rings. The van der Waals surface area contributed by atoms with Gasteiger partial charge >= 0.3 is 6.03 Å². The average Bonchev–Trinajstić information content (AvgIpc) is 2.70. The van der Waals surface area contributed by atoms with Crippen LogP contribution in [0.5, 0.6) is 5.88 Å². The fraction of sp³-hybridized carbons (Fsp3) is 0.333. The molecule has 2 aromatic rings. The number of anilines is 2. The Morgan fingerprint density at radius 1 is 1.11 bits per heavy atom. The molecule has 3 amide bonds. The Bertz CT molecular complexity index is 824. The number of carbonyl (C=O) groups excluding carboxylic acids is 2. The van der Waals surface area contributed by atoms with E-state index >= 15 is 0 Å². The quantitative estimate of drug-likeness (QED) is 0.804. The summed E-state index contributed by atoms with van der Waals surface area (Å²) in [6.45, 7) is 2.31. The maximum absolute atomic E-state index is 12.9. The predicted molar refractivity (Wildman–Crippen MR) is 101 cm³/mol. The van der Waals surface area contributed by atoms with Gasteiger partial charge in [0.15, 0.2) is 0 Å². The number of nitrogens with zero attached hydrogens (tertiary/aromatic N) is 4. The lowest BCUT2D eigenvalue weighted by atomic mass is 10.3. The van der Waals surface area contributed by atoms with Crippen LogP contribution in [-0.2, 0) is 4.79 Å². The normalized spacial score (nSPS) is 14.4. The van der Waals surface area contributed by atoms with E-state index in [1.807, 2.05) is 4.90 Å². The number of urea groups is 1. The molecule has 10 heteroatoms. The van der Waals surface area contributed by atoms with Crippen molar-refractivity contribution in [3.8, 4) is 5.88 Å². The van der Waals surface area contributed by atoms with Crippen LogP contribution in [0.15, 0.2) is 36.7 Å². The number of hydrogen-bond acceptors (Lipinski definition) is 6. The van der Waals surface area contributed by atoms with Crippen molar-refractivity contribution in [1.29, 1.82) is 0 Å². The first kappa shape index (κ1) is 19.5. The molecule has 1 aromatic heterocycles. The smallest absolute Gasteiger partial charge is 0.323 e. The monoisotopic (exact) mass is 388 g/mol. The lowest BCUT2D eigenvalue weighted by Crippen LogP contribution is -2.51. The highest BCUT2D eigenvalue weighted by Crippen LogP contribution is 2.12. The van der Waals surface area contributed by atoms with Crippen LogP contribution in [0.1, 0.15) is 0 Å². The van der Waals surface area contributed by atoms with Crippen LogP contribution in [0.2, 0.25) is 0 Å². The molecule has 0 atom stereocenters. The predicted octanol–water partition coefficient (Wildman–Crippen LogP) is 1.41. The minimum absolute atomic E-state index is 0.183. The largest absolute Gasteiger partial charge is 0.481 e. The van der Waals surface area contributed by atoms with Crippen LogP contribution < -0.4 is 15.4 Å². The second-order valence-corrected chi connectivity index (χ2v) is 6.19. The van der Waals surface area contributed by atoms with Crippen LogP contribution in [-0.4, -0.2) is 71.5 Å². The zero-order chi connectivity index (χ0) is 19.9. The summed E-state index contributed by atoms with van der Waals surface area (Å²) in [5.74, 6) is 0.186. The molecule has 0 radical (unpaired) electrons. The summed E-state index contributed by atoms with van der Waals surface area (Å²) in [6.07, 6.45) is 1.31. The Hall–Kier alpha value is -3.27. The lowest BCUT2D eigenvalue weighted by Gasteiger charge is -2.34. The lowest BCUT2D eigenvalue weighted by molar-refractivity contribution is -0.117. The number of hydrogen-bond donors (Lipinski definition) is 2. The molecule has 1 saturated heterocycles. The molecule has 2 N–H and O–H groups in total. The molecule has 3 rings (SSSR count). The van der Waals surface area contributed by atoms with E-state index in [4.69, 9.17) is 4.74 Å².